The molecular weight excluding hydrogens is 130 g/mol. The molecule has 0 unspecified atom stereocenters. The molecule has 0 saturated carbocycles. The Morgan fingerprint density at radius 3 is 2.11 bits per heavy atom. The lowest BCUT2D eigenvalue weighted by Gasteiger charge is -1.87. The first-order valence-electron chi connectivity index (χ1n) is 2.71. The predicted octanol–water partition coefficient (Wildman–Crippen LogP) is 2.38. The monoisotopic (exact) mass is 143 g/mol. The van der Waals surface area contributed by atoms with Crippen LogP contribution in [-0.4, -0.2) is 12.0 Å². The zero-order valence-electron chi connectivity index (χ0n) is 6.22. The molecule has 0 aromatic heterocycles. The summed E-state index contributed by atoms with van der Waals surface area (Å²) in [5.74, 6) is 0. The summed E-state index contributed by atoms with van der Waals surface area (Å²) in [6, 6.07) is 0. The largest absolute Gasteiger partial charge is 0.226 e. The van der Waals surface area contributed by atoms with Crippen LogP contribution in [0.4, 0.5) is 0 Å². The number of rotatable bonds is 2. The molecular formula is C7H13NS. The van der Waals surface area contributed by atoms with Gasteiger partial charge in [-0.3, -0.25) is 0 Å². The Kier molecular flexibility index (Phi) is 13.3. The van der Waals surface area contributed by atoms with Crippen molar-refractivity contribution in [2.75, 3.05) is 6.26 Å². The first kappa shape index (κ1) is 11.4. The second kappa shape index (κ2) is 10.5. The van der Waals surface area contributed by atoms with Gasteiger partial charge in [-0.25, -0.2) is 4.40 Å². The van der Waals surface area contributed by atoms with Crippen LogP contribution in [0.3, 0.4) is 0 Å². The minimum Gasteiger partial charge on any atom is -0.226 e. The Morgan fingerprint density at radius 1 is 1.56 bits per heavy atom. The molecule has 0 amide bonds. The number of nitrogens with zero attached hydrogens (tertiary/aromatic N) is 1. The molecule has 0 aromatic rings. The summed E-state index contributed by atoms with van der Waals surface area (Å²) in [6.45, 7) is 4.14. The second-order valence-corrected chi connectivity index (χ2v) is 1.91. The van der Waals surface area contributed by atoms with Gasteiger partial charge in [0.2, 0.25) is 0 Å². The van der Waals surface area contributed by atoms with Gasteiger partial charge in [0.15, 0.2) is 0 Å². The standard InChI is InChI=1S/C5H11NS.C2H2/c1-4-5(2)6-7-3;1-2/h4H2,1-3H3;1-2H/b6-5-;. The van der Waals surface area contributed by atoms with E-state index in [9.17, 15) is 0 Å². The van der Waals surface area contributed by atoms with Crippen molar-refractivity contribution in [3.63, 3.8) is 0 Å². The van der Waals surface area contributed by atoms with Crippen LogP contribution in [0.1, 0.15) is 20.3 Å². The van der Waals surface area contributed by atoms with Gasteiger partial charge < -0.3 is 0 Å². The van der Waals surface area contributed by atoms with Crippen molar-refractivity contribution >= 4 is 17.7 Å². The smallest absolute Gasteiger partial charge is 0.0228 e. The van der Waals surface area contributed by atoms with Gasteiger partial charge in [-0.05, 0) is 25.3 Å². The minimum absolute atomic E-state index is 1.07. The van der Waals surface area contributed by atoms with Gasteiger partial charge in [0.1, 0.15) is 0 Å². The summed E-state index contributed by atoms with van der Waals surface area (Å²) in [5, 5.41) is 0. The third-order valence-electron chi connectivity index (χ3n) is 0.759. The van der Waals surface area contributed by atoms with E-state index in [2.05, 4.69) is 24.2 Å². The molecule has 0 spiro atoms. The lowest BCUT2D eigenvalue weighted by Crippen LogP contribution is -1.82. The lowest BCUT2D eigenvalue weighted by atomic mass is 10.3. The maximum absolute atomic E-state index is 4.08. The third kappa shape index (κ3) is 11.3. The van der Waals surface area contributed by atoms with Crippen molar-refractivity contribution < 1.29 is 0 Å². The van der Waals surface area contributed by atoms with Gasteiger partial charge in [-0.1, -0.05) is 6.92 Å². The highest BCUT2D eigenvalue weighted by atomic mass is 32.2. The van der Waals surface area contributed by atoms with Crippen LogP contribution < -0.4 is 0 Å². The topological polar surface area (TPSA) is 12.4 Å². The molecule has 0 radical (unpaired) electrons. The molecule has 0 N–H and O–H groups in total. The SMILES string of the molecule is C#C.CC/C(C)=N\SC. The molecule has 0 atom stereocenters. The average Bonchev–Trinajstić information content (AvgIpc) is 1.93. The number of terminal acetylenes is 1. The fourth-order valence-corrected chi connectivity index (χ4v) is 0.661. The molecule has 1 nitrogen and oxygen atoms in total. The van der Waals surface area contributed by atoms with E-state index >= 15 is 0 Å². The Bertz CT molecular complexity index is 94.3. The van der Waals surface area contributed by atoms with Crippen LogP contribution in [0.25, 0.3) is 0 Å². The van der Waals surface area contributed by atoms with E-state index in [0.717, 1.165) is 6.42 Å². The molecule has 52 valence electrons. The molecule has 2 heteroatoms. The van der Waals surface area contributed by atoms with Gasteiger partial charge in [-0.2, -0.15) is 0 Å². The zero-order valence-corrected chi connectivity index (χ0v) is 7.03. The van der Waals surface area contributed by atoms with E-state index in [-0.39, 0.29) is 0 Å². The molecule has 0 aliphatic heterocycles. The van der Waals surface area contributed by atoms with Crippen molar-refractivity contribution in [1.29, 1.82) is 0 Å². The molecule has 0 heterocycles. The molecule has 0 saturated heterocycles. The van der Waals surface area contributed by atoms with Crippen LogP contribution in [0, 0.1) is 12.8 Å². The van der Waals surface area contributed by atoms with E-state index in [0.29, 0.717) is 0 Å². The van der Waals surface area contributed by atoms with Crippen LogP contribution in [0.15, 0.2) is 4.40 Å². The summed E-state index contributed by atoms with van der Waals surface area (Å²) < 4.78 is 4.08. The third-order valence-corrected chi connectivity index (χ3v) is 1.25. The highest BCUT2D eigenvalue weighted by Crippen LogP contribution is 1.95. The fourth-order valence-electron chi connectivity index (χ4n) is 0.220. The summed E-state index contributed by atoms with van der Waals surface area (Å²) in [6.07, 6.45) is 11.0. The molecule has 0 aliphatic carbocycles. The fraction of sp³-hybridized carbons (Fsp3) is 0.571. The van der Waals surface area contributed by atoms with Gasteiger partial charge in [0, 0.05) is 12.0 Å². The van der Waals surface area contributed by atoms with E-state index in [1.807, 2.05) is 13.2 Å². The van der Waals surface area contributed by atoms with Crippen molar-refractivity contribution in [1.82, 2.24) is 0 Å². The maximum atomic E-state index is 4.08. The minimum atomic E-state index is 1.07. The van der Waals surface area contributed by atoms with Gasteiger partial charge in [0.25, 0.3) is 0 Å². The highest BCUT2D eigenvalue weighted by molar-refractivity contribution is 7.97. The predicted molar refractivity (Wildman–Crippen MR) is 46.8 cm³/mol. The quantitative estimate of drug-likeness (QED) is 0.328. The van der Waals surface area contributed by atoms with E-state index in [1.165, 1.54) is 17.7 Å². The summed E-state index contributed by atoms with van der Waals surface area (Å²) >= 11 is 1.52. The van der Waals surface area contributed by atoms with Crippen molar-refractivity contribution in [3.8, 4) is 12.8 Å². The molecule has 0 aliphatic rings. The molecule has 0 bridgehead atoms. The van der Waals surface area contributed by atoms with E-state index in [4.69, 9.17) is 0 Å². The molecule has 0 fully saturated rings. The van der Waals surface area contributed by atoms with Crippen molar-refractivity contribution in [2.24, 2.45) is 4.40 Å². The Hall–Kier alpha value is -0.420. The molecule has 9 heavy (non-hydrogen) atoms. The highest BCUT2D eigenvalue weighted by Gasteiger charge is 1.79. The van der Waals surface area contributed by atoms with Crippen LogP contribution in [0.5, 0.6) is 0 Å². The number of hydrogen-bond donors (Lipinski definition) is 0. The summed E-state index contributed by atoms with van der Waals surface area (Å²) in [4.78, 5) is 0. The van der Waals surface area contributed by atoms with Gasteiger partial charge in [0.05, 0.1) is 0 Å². The first-order chi connectivity index (χ1) is 4.31. The second-order valence-electron chi connectivity index (χ2n) is 1.36. The lowest BCUT2D eigenvalue weighted by molar-refractivity contribution is 1.27. The molecule has 0 rings (SSSR count). The normalized spacial score (nSPS) is 9.67. The van der Waals surface area contributed by atoms with E-state index in [1.54, 1.807) is 0 Å². The Labute approximate surface area is 62.1 Å². The Balaban J connectivity index is 0. The van der Waals surface area contributed by atoms with E-state index < -0.39 is 0 Å². The van der Waals surface area contributed by atoms with Crippen LogP contribution in [0.2, 0.25) is 0 Å². The van der Waals surface area contributed by atoms with Crippen LogP contribution in [-0.2, 0) is 0 Å². The number of hydrogen-bond acceptors (Lipinski definition) is 2. The summed E-state index contributed by atoms with van der Waals surface area (Å²) in [7, 11) is 0. The first-order valence-corrected chi connectivity index (χ1v) is 3.89. The van der Waals surface area contributed by atoms with Crippen molar-refractivity contribution in [3.05, 3.63) is 0 Å². The Morgan fingerprint density at radius 2 is 2.00 bits per heavy atom. The average molecular weight is 143 g/mol. The van der Waals surface area contributed by atoms with Gasteiger partial charge >= 0.3 is 0 Å². The maximum Gasteiger partial charge on any atom is 0.0228 e. The van der Waals surface area contributed by atoms with Crippen LogP contribution >= 0.6 is 11.9 Å². The van der Waals surface area contributed by atoms with Crippen molar-refractivity contribution in [2.45, 2.75) is 20.3 Å². The van der Waals surface area contributed by atoms with Gasteiger partial charge in [-0.15, -0.1) is 12.8 Å². The zero-order chi connectivity index (χ0) is 7.70. The molecule has 0 aromatic carbocycles. The summed E-state index contributed by atoms with van der Waals surface area (Å²) in [5.41, 5.74) is 1.22.